The van der Waals surface area contributed by atoms with Crippen LogP contribution in [0.4, 0.5) is 4.39 Å². The maximum Gasteiger partial charge on any atom is 0.137 e. The first-order chi connectivity index (χ1) is 9.81. The standard InChI is InChI=1S/C15H14FN3O.ClH/c16-8-11(9-17)10-20-12-4-5-13-14(7-12)19-6-2-1-3-15(19)18-13;/h1-8H,9-10,17H2;1H/b11-8+;. The minimum Gasteiger partial charge on any atom is -0.489 e. The van der Waals surface area contributed by atoms with Crippen LogP contribution in [0.15, 0.2) is 54.5 Å². The molecule has 2 aromatic heterocycles. The highest BCUT2D eigenvalue weighted by Crippen LogP contribution is 2.22. The van der Waals surface area contributed by atoms with Gasteiger partial charge in [-0.25, -0.2) is 9.37 Å². The Labute approximate surface area is 127 Å². The fourth-order valence-corrected chi connectivity index (χ4v) is 2.04. The van der Waals surface area contributed by atoms with Crippen LogP contribution in [0.1, 0.15) is 0 Å². The number of fused-ring (bicyclic) bond motifs is 3. The molecule has 4 nitrogen and oxygen atoms in total. The van der Waals surface area contributed by atoms with E-state index in [-0.39, 0.29) is 25.6 Å². The van der Waals surface area contributed by atoms with Crippen molar-refractivity contribution in [3.63, 3.8) is 0 Å². The third-order valence-corrected chi connectivity index (χ3v) is 3.12. The van der Waals surface area contributed by atoms with Crippen molar-refractivity contribution in [1.82, 2.24) is 9.38 Å². The topological polar surface area (TPSA) is 52.5 Å². The van der Waals surface area contributed by atoms with Crippen LogP contribution in [-0.2, 0) is 0 Å². The van der Waals surface area contributed by atoms with Crippen LogP contribution in [0.3, 0.4) is 0 Å². The number of nitrogens with zero attached hydrogens (tertiary/aromatic N) is 2. The van der Waals surface area contributed by atoms with Crippen molar-refractivity contribution in [2.75, 3.05) is 13.2 Å². The molecule has 3 aromatic rings. The van der Waals surface area contributed by atoms with E-state index in [4.69, 9.17) is 10.5 Å². The van der Waals surface area contributed by atoms with Crippen LogP contribution in [-0.4, -0.2) is 22.5 Å². The van der Waals surface area contributed by atoms with Crippen molar-refractivity contribution < 1.29 is 9.13 Å². The fraction of sp³-hybridized carbons (Fsp3) is 0.133. The van der Waals surface area contributed by atoms with E-state index in [1.54, 1.807) is 0 Å². The lowest BCUT2D eigenvalue weighted by molar-refractivity contribution is 0.348. The lowest BCUT2D eigenvalue weighted by atomic mass is 10.3. The Balaban J connectivity index is 0.00000161. The van der Waals surface area contributed by atoms with E-state index in [1.165, 1.54) is 0 Å². The van der Waals surface area contributed by atoms with E-state index >= 15 is 0 Å². The molecule has 0 aliphatic heterocycles. The van der Waals surface area contributed by atoms with Crippen LogP contribution >= 0.6 is 12.4 Å². The van der Waals surface area contributed by atoms with Gasteiger partial charge in [-0.1, -0.05) is 6.07 Å². The average Bonchev–Trinajstić information content (AvgIpc) is 2.86. The molecule has 21 heavy (non-hydrogen) atoms. The SMILES string of the molecule is Cl.NC/C(=C\F)COc1ccc2nc3ccccn3c2c1. The summed E-state index contributed by atoms with van der Waals surface area (Å²) in [5, 5.41) is 0. The number of pyridine rings is 1. The molecule has 0 fully saturated rings. The second-order valence-corrected chi connectivity index (χ2v) is 4.45. The highest BCUT2D eigenvalue weighted by Gasteiger charge is 2.05. The number of hydrogen-bond donors (Lipinski definition) is 1. The molecule has 0 aliphatic carbocycles. The summed E-state index contributed by atoms with van der Waals surface area (Å²) in [5.41, 5.74) is 8.54. The van der Waals surface area contributed by atoms with Gasteiger partial charge in [-0.2, -0.15) is 0 Å². The molecule has 6 heteroatoms. The maximum absolute atomic E-state index is 12.4. The Morgan fingerprint density at radius 3 is 2.95 bits per heavy atom. The molecule has 0 saturated carbocycles. The molecule has 110 valence electrons. The minimum absolute atomic E-state index is 0. The molecule has 0 spiro atoms. The van der Waals surface area contributed by atoms with Gasteiger partial charge in [0.15, 0.2) is 0 Å². The van der Waals surface area contributed by atoms with Gasteiger partial charge >= 0.3 is 0 Å². The van der Waals surface area contributed by atoms with Gasteiger partial charge in [0, 0.05) is 24.4 Å². The van der Waals surface area contributed by atoms with Gasteiger partial charge in [-0.15, -0.1) is 12.4 Å². The smallest absolute Gasteiger partial charge is 0.137 e. The van der Waals surface area contributed by atoms with Crippen molar-refractivity contribution >= 4 is 29.1 Å². The fourth-order valence-electron chi connectivity index (χ4n) is 2.04. The second-order valence-electron chi connectivity index (χ2n) is 4.45. The van der Waals surface area contributed by atoms with E-state index in [2.05, 4.69) is 4.98 Å². The zero-order valence-corrected chi connectivity index (χ0v) is 12.0. The number of halogens is 2. The van der Waals surface area contributed by atoms with E-state index in [0.29, 0.717) is 17.7 Å². The number of benzene rings is 1. The minimum atomic E-state index is 0. The normalized spacial score (nSPS) is 11.6. The Hall–Kier alpha value is -2.11. The molecular weight excluding hydrogens is 293 g/mol. The van der Waals surface area contributed by atoms with Crippen molar-refractivity contribution in [3.8, 4) is 5.75 Å². The molecule has 2 heterocycles. The monoisotopic (exact) mass is 307 g/mol. The van der Waals surface area contributed by atoms with Gasteiger partial charge in [0.1, 0.15) is 18.0 Å². The predicted molar refractivity (Wildman–Crippen MR) is 83.7 cm³/mol. The summed E-state index contributed by atoms with van der Waals surface area (Å²) in [4.78, 5) is 4.50. The van der Waals surface area contributed by atoms with Crippen molar-refractivity contribution in [2.24, 2.45) is 5.73 Å². The molecule has 3 rings (SSSR count). The summed E-state index contributed by atoms with van der Waals surface area (Å²) in [6.45, 7) is 0.295. The van der Waals surface area contributed by atoms with Crippen LogP contribution in [0.2, 0.25) is 0 Å². The first-order valence-electron chi connectivity index (χ1n) is 6.29. The Morgan fingerprint density at radius 2 is 2.19 bits per heavy atom. The molecule has 0 bridgehead atoms. The maximum atomic E-state index is 12.4. The van der Waals surface area contributed by atoms with Gasteiger partial charge in [-0.3, -0.25) is 4.40 Å². The van der Waals surface area contributed by atoms with E-state index in [9.17, 15) is 4.39 Å². The highest BCUT2D eigenvalue weighted by molar-refractivity contribution is 5.85. The predicted octanol–water partition coefficient (Wildman–Crippen LogP) is 3.10. The highest BCUT2D eigenvalue weighted by atomic mass is 35.5. The Bertz CT molecular complexity index is 785. The largest absolute Gasteiger partial charge is 0.489 e. The lowest BCUT2D eigenvalue weighted by Crippen LogP contribution is -2.10. The third kappa shape index (κ3) is 2.99. The molecule has 1 aromatic carbocycles. The summed E-state index contributed by atoms with van der Waals surface area (Å²) >= 11 is 0. The summed E-state index contributed by atoms with van der Waals surface area (Å²) in [7, 11) is 0. The molecule has 2 N–H and O–H groups in total. The van der Waals surface area contributed by atoms with Gasteiger partial charge in [-0.05, 0) is 24.3 Å². The molecular formula is C15H15ClFN3O. The van der Waals surface area contributed by atoms with Crippen molar-refractivity contribution in [2.45, 2.75) is 0 Å². The van der Waals surface area contributed by atoms with Gasteiger partial charge in [0.2, 0.25) is 0 Å². The van der Waals surface area contributed by atoms with Crippen molar-refractivity contribution in [3.05, 3.63) is 54.5 Å². The number of aromatic nitrogens is 2. The number of imidazole rings is 1. The number of hydrogen-bond acceptors (Lipinski definition) is 3. The second kappa shape index (κ2) is 6.56. The zero-order chi connectivity index (χ0) is 13.9. The zero-order valence-electron chi connectivity index (χ0n) is 11.2. The van der Waals surface area contributed by atoms with Crippen LogP contribution in [0.25, 0.3) is 16.7 Å². The van der Waals surface area contributed by atoms with Crippen LogP contribution in [0.5, 0.6) is 5.75 Å². The first kappa shape index (κ1) is 15.3. The third-order valence-electron chi connectivity index (χ3n) is 3.12. The lowest BCUT2D eigenvalue weighted by Gasteiger charge is -2.07. The van der Waals surface area contributed by atoms with E-state index in [1.807, 2.05) is 47.0 Å². The Morgan fingerprint density at radius 1 is 1.33 bits per heavy atom. The summed E-state index contributed by atoms with van der Waals surface area (Å²) in [5.74, 6) is 0.663. The molecule has 0 atom stereocenters. The number of rotatable bonds is 4. The first-order valence-corrected chi connectivity index (χ1v) is 6.29. The van der Waals surface area contributed by atoms with Gasteiger partial charge in [0.25, 0.3) is 0 Å². The summed E-state index contributed by atoms with van der Waals surface area (Å²) < 4.78 is 20.0. The number of nitrogens with two attached hydrogens (primary N) is 1. The quantitative estimate of drug-likeness (QED) is 0.806. The molecule has 0 unspecified atom stereocenters. The molecule has 0 radical (unpaired) electrons. The number of ether oxygens (including phenoxy) is 1. The molecule has 0 aliphatic rings. The van der Waals surface area contributed by atoms with E-state index < -0.39 is 0 Å². The van der Waals surface area contributed by atoms with E-state index in [0.717, 1.165) is 16.7 Å². The average molecular weight is 308 g/mol. The van der Waals surface area contributed by atoms with Crippen LogP contribution in [0, 0.1) is 0 Å². The van der Waals surface area contributed by atoms with Crippen LogP contribution < -0.4 is 10.5 Å². The van der Waals surface area contributed by atoms with Crippen molar-refractivity contribution in [1.29, 1.82) is 0 Å². The summed E-state index contributed by atoms with van der Waals surface area (Å²) in [6.07, 6.45) is 2.44. The van der Waals surface area contributed by atoms with Gasteiger partial charge < -0.3 is 10.5 Å². The van der Waals surface area contributed by atoms with Gasteiger partial charge in [0.05, 0.1) is 17.4 Å². The molecule has 0 amide bonds. The molecule has 0 saturated heterocycles. The summed E-state index contributed by atoms with van der Waals surface area (Å²) in [6, 6.07) is 11.4. The Kier molecular flexibility index (Phi) is 4.77.